The monoisotopic (exact) mass is 286 g/mol. The molecule has 0 spiro atoms. The van der Waals surface area contributed by atoms with E-state index in [9.17, 15) is 10.1 Å². The van der Waals surface area contributed by atoms with Crippen LogP contribution < -0.4 is 4.90 Å². The molecule has 0 aromatic heterocycles. The van der Waals surface area contributed by atoms with E-state index in [1.54, 1.807) is 13.2 Å². The number of morpholine rings is 1. The van der Waals surface area contributed by atoms with E-state index in [0.717, 1.165) is 5.69 Å². The lowest BCUT2D eigenvalue weighted by Gasteiger charge is -2.36. The zero-order chi connectivity index (χ0) is 13.8. The summed E-state index contributed by atoms with van der Waals surface area (Å²) in [5, 5.41) is 11.2. The van der Waals surface area contributed by atoms with Crippen molar-refractivity contribution in [2.75, 3.05) is 38.4 Å². The molecule has 0 aliphatic carbocycles. The van der Waals surface area contributed by atoms with E-state index in [1.807, 2.05) is 4.90 Å². The molecule has 1 aromatic carbocycles. The van der Waals surface area contributed by atoms with E-state index in [2.05, 4.69) is 0 Å². The standard InChI is InChI=1S/C12H15ClN2O4/c1-18-7-12-8-19-3-2-14(12)10-4-9(13)5-11(6-10)15(16)17/h4-6,12H,2-3,7-8H2,1H3/t12-/m0/s1. The predicted octanol–water partition coefficient (Wildman–Crippen LogP) is 2.10. The van der Waals surface area contributed by atoms with Crippen LogP contribution in [0.1, 0.15) is 0 Å². The number of non-ortho nitro benzene ring substituents is 1. The maximum atomic E-state index is 10.9. The molecule has 1 fully saturated rings. The summed E-state index contributed by atoms with van der Waals surface area (Å²) in [4.78, 5) is 12.5. The van der Waals surface area contributed by atoms with Crippen LogP contribution in [-0.4, -0.2) is 44.4 Å². The second kappa shape index (κ2) is 6.18. The van der Waals surface area contributed by atoms with Gasteiger partial charge < -0.3 is 14.4 Å². The lowest BCUT2D eigenvalue weighted by atomic mass is 10.2. The van der Waals surface area contributed by atoms with Gasteiger partial charge in [0.1, 0.15) is 0 Å². The third-order valence-corrected chi connectivity index (χ3v) is 3.21. The Morgan fingerprint density at radius 1 is 1.58 bits per heavy atom. The van der Waals surface area contributed by atoms with Crippen molar-refractivity contribution in [3.63, 3.8) is 0 Å². The van der Waals surface area contributed by atoms with Crippen LogP contribution in [0.15, 0.2) is 18.2 Å². The summed E-state index contributed by atoms with van der Waals surface area (Å²) >= 11 is 5.94. The van der Waals surface area contributed by atoms with Gasteiger partial charge in [0, 0.05) is 36.5 Å². The van der Waals surface area contributed by atoms with E-state index in [0.29, 0.717) is 31.4 Å². The van der Waals surface area contributed by atoms with Crippen molar-refractivity contribution >= 4 is 23.0 Å². The molecule has 2 rings (SSSR count). The van der Waals surface area contributed by atoms with Crippen molar-refractivity contribution in [1.82, 2.24) is 0 Å². The van der Waals surface area contributed by atoms with Gasteiger partial charge in [-0.2, -0.15) is 0 Å². The summed E-state index contributed by atoms with van der Waals surface area (Å²) in [5.74, 6) is 0. The van der Waals surface area contributed by atoms with Gasteiger partial charge in [-0.05, 0) is 6.07 Å². The molecule has 1 atom stereocenters. The molecule has 0 saturated carbocycles. The first-order valence-corrected chi connectivity index (χ1v) is 6.28. The number of nitrogens with zero attached hydrogens (tertiary/aromatic N) is 2. The number of hydrogen-bond acceptors (Lipinski definition) is 5. The first-order chi connectivity index (χ1) is 9.11. The summed E-state index contributed by atoms with van der Waals surface area (Å²) in [6.07, 6.45) is 0. The molecule has 0 bridgehead atoms. The van der Waals surface area contributed by atoms with E-state index in [-0.39, 0.29) is 11.7 Å². The minimum Gasteiger partial charge on any atom is -0.382 e. The summed E-state index contributed by atoms with van der Waals surface area (Å²) < 4.78 is 10.6. The van der Waals surface area contributed by atoms with Gasteiger partial charge in [-0.3, -0.25) is 10.1 Å². The van der Waals surface area contributed by atoms with E-state index in [4.69, 9.17) is 21.1 Å². The third-order valence-electron chi connectivity index (χ3n) is 3.00. The summed E-state index contributed by atoms with van der Waals surface area (Å²) in [6, 6.07) is 4.64. The summed E-state index contributed by atoms with van der Waals surface area (Å²) in [6.45, 7) is 2.28. The molecule has 7 heteroatoms. The number of nitro benzene ring substituents is 1. The highest BCUT2D eigenvalue weighted by molar-refractivity contribution is 6.31. The molecule has 0 radical (unpaired) electrons. The average Bonchev–Trinajstić information content (AvgIpc) is 2.39. The molecular weight excluding hydrogens is 272 g/mol. The smallest absolute Gasteiger partial charge is 0.272 e. The van der Waals surface area contributed by atoms with Gasteiger partial charge in [-0.15, -0.1) is 0 Å². The zero-order valence-electron chi connectivity index (χ0n) is 10.5. The van der Waals surface area contributed by atoms with Crippen molar-refractivity contribution in [2.24, 2.45) is 0 Å². The average molecular weight is 287 g/mol. The first kappa shape index (κ1) is 14.0. The minimum absolute atomic E-state index is 0.00911. The number of methoxy groups -OCH3 is 1. The normalized spacial score (nSPS) is 19.5. The fourth-order valence-corrected chi connectivity index (χ4v) is 2.38. The van der Waals surface area contributed by atoms with Gasteiger partial charge in [0.25, 0.3) is 5.69 Å². The SMILES string of the molecule is COC[C@H]1COCCN1c1cc(Cl)cc([N+](=O)[O-])c1. The maximum absolute atomic E-state index is 10.9. The fraction of sp³-hybridized carbons (Fsp3) is 0.500. The second-order valence-electron chi connectivity index (χ2n) is 4.30. The van der Waals surface area contributed by atoms with Crippen LogP contribution in [0.2, 0.25) is 5.02 Å². The van der Waals surface area contributed by atoms with Crippen molar-refractivity contribution < 1.29 is 14.4 Å². The lowest BCUT2D eigenvalue weighted by molar-refractivity contribution is -0.384. The van der Waals surface area contributed by atoms with Gasteiger partial charge in [0.15, 0.2) is 0 Å². The molecule has 0 amide bonds. The van der Waals surface area contributed by atoms with Crippen molar-refractivity contribution in [2.45, 2.75) is 6.04 Å². The Morgan fingerprint density at radius 3 is 3.05 bits per heavy atom. The second-order valence-corrected chi connectivity index (χ2v) is 4.74. The number of hydrogen-bond donors (Lipinski definition) is 0. The van der Waals surface area contributed by atoms with Crippen LogP contribution in [0.4, 0.5) is 11.4 Å². The van der Waals surface area contributed by atoms with Gasteiger partial charge in [0.2, 0.25) is 0 Å². The molecule has 19 heavy (non-hydrogen) atoms. The molecule has 1 aliphatic heterocycles. The van der Waals surface area contributed by atoms with Gasteiger partial charge >= 0.3 is 0 Å². The highest BCUT2D eigenvalue weighted by atomic mass is 35.5. The highest BCUT2D eigenvalue weighted by Gasteiger charge is 2.25. The van der Waals surface area contributed by atoms with Crippen LogP contribution in [0.5, 0.6) is 0 Å². The molecule has 1 heterocycles. The number of halogens is 1. The maximum Gasteiger partial charge on any atom is 0.272 e. The Balaban J connectivity index is 2.30. The van der Waals surface area contributed by atoms with Crippen molar-refractivity contribution in [1.29, 1.82) is 0 Å². The number of ether oxygens (including phenoxy) is 2. The number of benzene rings is 1. The van der Waals surface area contributed by atoms with E-state index >= 15 is 0 Å². The highest BCUT2D eigenvalue weighted by Crippen LogP contribution is 2.29. The molecule has 0 unspecified atom stereocenters. The Bertz CT molecular complexity index is 467. The predicted molar refractivity (Wildman–Crippen MR) is 71.9 cm³/mol. The minimum atomic E-state index is -0.443. The first-order valence-electron chi connectivity index (χ1n) is 5.90. The van der Waals surface area contributed by atoms with Crippen LogP contribution in [-0.2, 0) is 9.47 Å². The molecule has 104 valence electrons. The third kappa shape index (κ3) is 3.34. The summed E-state index contributed by atoms with van der Waals surface area (Å²) in [7, 11) is 1.62. The van der Waals surface area contributed by atoms with Crippen LogP contribution in [0, 0.1) is 10.1 Å². The molecule has 6 nitrogen and oxygen atoms in total. The van der Waals surface area contributed by atoms with E-state index in [1.165, 1.54) is 12.1 Å². The van der Waals surface area contributed by atoms with Crippen LogP contribution >= 0.6 is 11.6 Å². The molecule has 1 saturated heterocycles. The molecule has 1 aromatic rings. The number of anilines is 1. The van der Waals surface area contributed by atoms with Crippen LogP contribution in [0.25, 0.3) is 0 Å². The molecular formula is C12H15ClN2O4. The number of rotatable bonds is 4. The topological polar surface area (TPSA) is 64.8 Å². The van der Waals surface area contributed by atoms with Gasteiger partial charge in [-0.1, -0.05) is 11.6 Å². The Labute approximate surface area is 116 Å². The summed E-state index contributed by atoms with van der Waals surface area (Å²) in [5.41, 5.74) is 0.717. The van der Waals surface area contributed by atoms with E-state index < -0.39 is 4.92 Å². The quantitative estimate of drug-likeness (QED) is 0.626. The Kier molecular flexibility index (Phi) is 4.57. The fourth-order valence-electron chi connectivity index (χ4n) is 2.16. The van der Waals surface area contributed by atoms with Crippen LogP contribution in [0.3, 0.4) is 0 Å². The molecule has 1 aliphatic rings. The Morgan fingerprint density at radius 2 is 2.37 bits per heavy atom. The van der Waals surface area contributed by atoms with Crippen molar-refractivity contribution in [3.05, 3.63) is 33.3 Å². The Hall–Kier alpha value is -1.37. The number of nitro groups is 1. The van der Waals surface area contributed by atoms with Gasteiger partial charge in [0.05, 0.1) is 30.8 Å². The largest absolute Gasteiger partial charge is 0.382 e. The zero-order valence-corrected chi connectivity index (χ0v) is 11.3. The van der Waals surface area contributed by atoms with Gasteiger partial charge in [-0.25, -0.2) is 0 Å². The lowest BCUT2D eigenvalue weighted by Crippen LogP contribution is -2.48. The van der Waals surface area contributed by atoms with Crippen molar-refractivity contribution in [3.8, 4) is 0 Å². The molecule has 0 N–H and O–H groups in total.